The van der Waals surface area contributed by atoms with Gasteiger partial charge in [-0.25, -0.2) is 4.90 Å². The molecule has 1 aliphatic rings. The summed E-state index contributed by atoms with van der Waals surface area (Å²) in [5.74, 6) is 0.517. The maximum Gasteiger partial charge on any atom is 0.292 e. The van der Waals surface area contributed by atoms with Crippen molar-refractivity contribution < 1.29 is 19.6 Å². The van der Waals surface area contributed by atoms with Crippen LogP contribution in [0.3, 0.4) is 0 Å². The first-order valence-corrected chi connectivity index (χ1v) is 7.57. The lowest BCUT2D eigenvalue weighted by atomic mass is 10.2. The molecule has 1 fully saturated rings. The van der Waals surface area contributed by atoms with Crippen molar-refractivity contribution >= 4 is 17.5 Å². The van der Waals surface area contributed by atoms with Gasteiger partial charge in [0.2, 0.25) is 5.91 Å². The molecular formula is C18H19N2O3+. The van der Waals surface area contributed by atoms with Gasteiger partial charge in [0.25, 0.3) is 5.91 Å². The highest BCUT2D eigenvalue weighted by Crippen LogP contribution is 2.21. The fourth-order valence-electron chi connectivity index (χ4n) is 2.73. The van der Waals surface area contributed by atoms with Gasteiger partial charge in [0.15, 0.2) is 6.04 Å². The SMILES string of the molecule is COc1ccc(C[NH2+]C2CC(=O)N(c3ccccc3)C2=O)cc1. The molecule has 0 radical (unpaired) electrons. The normalized spacial score (nSPS) is 17.6. The summed E-state index contributed by atoms with van der Waals surface area (Å²) in [5.41, 5.74) is 1.73. The Labute approximate surface area is 134 Å². The summed E-state index contributed by atoms with van der Waals surface area (Å²) < 4.78 is 5.13. The molecule has 2 aromatic rings. The Morgan fingerprint density at radius 2 is 1.78 bits per heavy atom. The number of para-hydroxylation sites is 1. The minimum absolute atomic E-state index is 0.141. The van der Waals surface area contributed by atoms with Gasteiger partial charge in [-0.2, -0.15) is 0 Å². The van der Waals surface area contributed by atoms with E-state index in [0.29, 0.717) is 12.2 Å². The van der Waals surface area contributed by atoms with Crippen LogP contribution < -0.4 is 15.0 Å². The Kier molecular flexibility index (Phi) is 4.39. The molecule has 5 heteroatoms. The number of quaternary nitrogens is 1. The quantitative estimate of drug-likeness (QED) is 0.841. The number of benzene rings is 2. The lowest BCUT2D eigenvalue weighted by molar-refractivity contribution is -0.690. The van der Waals surface area contributed by atoms with Crippen LogP contribution in [0.4, 0.5) is 5.69 Å². The molecule has 0 spiro atoms. The highest BCUT2D eigenvalue weighted by atomic mass is 16.5. The molecule has 2 amide bonds. The number of rotatable bonds is 5. The van der Waals surface area contributed by atoms with E-state index in [9.17, 15) is 9.59 Å². The number of anilines is 1. The van der Waals surface area contributed by atoms with Gasteiger partial charge >= 0.3 is 0 Å². The third-order valence-electron chi connectivity index (χ3n) is 3.99. The molecule has 0 saturated carbocycles. The van der Waals surface area contributed by atoms with Gasteiger partial charge in [-0.15, -0.1) is 0 Å². The van der Waals surface area contributed by atoms with E-state index in [-0.39, 0.29) is 24.3 Å². The first kappa shape index (κ1) is 15.2. The molecule has 1 unspecified atom stereocenters. The van der Waals surface area contributed by atoms with E-state index >= 15 is 0 Å². The van der Waals surface area contributed by atoms with Crippen molar-refractivity contribution in [3.63, 3.8) is 0 Å². The van der Waals surface area contributed by atoms with E-state index in [1.165, 1.54) is 4.90 Å². The zero-order valence-electron chi connectivity index (χ0n) is 12.9. The van der Waals surface area contributed by atoms with Crippen LogP contribution in [0.5, 0.6) is 5.75 Å². The van der Waals surface area contributed by atoms with Crippen LogP contribution in [0.25, 0.3) is 0 Å². The minimum atomic E-state index is -0.357. The molecule has 23 heavy (non-hydrogen) atoms. The van der Waals surface area contributed by atoms with Gasteiger partial charge in [-0.3, -0.25) is 9.59 Å². The Balaban J connectivity index is 1.65. The Morgan fingerprint density at radius 1 is 1.09 bits per heavy atom. The predicted molar refractivity (Wildman–Crippen MR) is 86.0 cm³/mol. The van der Waals surface area contributed by atoms with Gasteiger partial charge in [-0.1, -0.05) is 18.2 Å². The molecular weight excluding hydrogens is 292 g/mol. The smallest absolute Gasteiger partial charge is 0.292 e. The van der Waals surface area contributed by atoms with E-state index in [1.54, 1.807) is 19.2 Å². The largest absolute Gasteiger partial charge is 0.497 e. The summed E-state index contributed by atoms with van der Waals surface area (Å²) in [6.07, 6.45) is 0.240. The number of amides is 2. The molecule has 0 aliphatic carbocycles. The van der Waals surface area contributed by atoms with Crippen molar-refractivity contribution in [3.05, 3.63) is 60.2 Å². The van der Waals surface area contributed by atoms with E-state index in [2.05, 4.69) is 0 Å². The summed E-state index contributed by atoms with van der Waals surface area (Å²) >= 11 is 0. The first-order chi connectivity index (χ1) is 11.2. The van der Waals surface area contributed by atoms with Gasteiger partial charge in [0.05, 0.1) is 19.2 Å². The molecule has 3 rings (SSSR count). The standard InChI is InChI=1S/C18H18N2O3/c1-23-15-9-7-13(8-10-15)12-19-16-11-17(21)20(18(16)22)14-5-3-2-4-6-14/h2-10,16,19H,11-12H2,1H3/p+1. The molecule has 2 aromatic carbocycles. The fraction of sp³-hybridized carbons (Fsp3) is 0.222. The zero-order valence-corrected chi connectivity index (χ0v) is 12.9. The third kappa shape index (κ3) is 3.24. The summed E-state index contributed by atoms with van der Waals surface area (Å²) in [7, 11) is 1.63. The van der Waals surface area contributed by atoms with Crippen molar-refractivity contribution in [1.82, 2.24) is 0 Å². The molecule has 1 heterocycles. The van der Waals surface area contributed by atoms with Crippen molar-refractivity contribution in [1.29, 1.82) is 0 Å². The van der Waals surface area contributed by atoms with E-state index in [1.807, 2.05) is 47.8 Å². The number of hydrogen-bond acceptors (Lipinski definition) is 3. The van der Waals surface area contributed by atoms with Crippen molar-refractivity contribution in [2.24, 2.45) is 0 Å². The second-order valence-electron chi connectivity index (χ2n) is 5.50. The second-order valence-corrected chi connectivity index (χ2v) is 5.50. The van der Waals surface area contributed by atoms with Crippen molar-refractivity contribution in [2.75, 3.05) is 12.0 Å². The third-order valence-corrected chi connectivity index (χ3v) is 3.99. The molecule has 5 nitrogen and oxygen atoms in total. The second kappa shape index (κ2) is 6.62. The summed E-state index contributed by atoms with van der Waals surface area (Å²) in [6.45, 7) is 0.649. The van der Waals surface area contributed by atoms with E-state index in [4.69, 9.17) is 4.74 Å². The molecule has 2 N–H and O–H groups in total. The zero-order chi connectivity index (χ0) is 16.2. The highest BCUT2D eigenvalue weighted by Gasteiger charge is 2.41. The maximum absolute atomic E-state index is 12.5. The number of hydrogen-bond donors (Lipinski definition) is 1. The predicted octanol–water partition coefficient (Wildman–Crippen LogP) is 1.09. The number of carbonyl (C=O) groups excluding carboxylic acids is 2. The Bertz CT molecular complexity index is 698. The van der Waals surface area contributed by atoms with Crippen molar-refractivity contribution in [2.45, 2.75) is 19.0 Å². The van der Waals surface area contributed by atoms with Crippen LogP contribution in [0.15, 0.2) is 54.6 Å². The number of methoxy groups -OCH3 is 1. The molecule has 1 saturated heterocycles. The average molecular weight is 311 g/mol. The molecule has 0 aromatic heterocycles. The maximum atomic E-state index is 12.5. The van der Waals surface area contributed by atoms with Crippen LogP contribution in [0.2, 0.25) is 0 Å². The molecule has 118 valence electrons. The Hall–Kier alpha value is -2.66. The van der Waals surface area contributed by atoms with Gasteiger partial charge in [0.1, 0.15) is 12.3 Å². The number of imide groups is 1. The van der Waals surface area contributed by atoms with Crippen LogP contribution >= 0.6 is 0 Å². The monoisotopic (exact) mass is 311 g/mol. The van der Waals surface area contributed by atoms with Crippen LogP contribution in [0, 0.1) is 0 Å². The molecule has 1 aliphatic heterocycles. The molecule has 1 atom stereocenters. The molecule has 0 bridgehead atoms. The van der Waals surface area contributed by atoms with E-state index in [0.717, 1.165) is 11.3 Å². The summed E-state index contributed by atoms with van der Waals surface area (Å²) in [5, 5.41) is 1.92. The highest BCUT2D eigenvalue weighted by molar-refractivity contribution is 6.21. The van der Waals surface area contributed by atoms with Gasteiger partial charge < -0.3 is 10.1 Å². The van der Waals surface area contributed by atoms with Crippen molar-refractivity contribution in [3.8, 4) is 5.75 Å². The lowest BCUT2D eigenvalue weighted by Gasteiger charge is -2.14. The minimum Gasteiger partial charge on any atom is -0.497 e. The van der Waals surface area contributed by atoms with Crippen LogP contribution in [-0.2, 0) is 16.1 Å². The van der Waals surface area contributed by atoms with Crippen LogP contribution in [-0.4, -0.2) is 25.0 Å². The number of nitrogens with zero attached hydrogens (tertiary/aromatic N) is 1. The fourth-order valence-corrected chi connectivity index (χ4v) is 2.73. The van der Waals surface area contributed by atoms with Gasteiger partial charge in [0, 0.05) is 5.56 Å². The first-order valence-electron chi connectivity index (χ1n) is 7.57. The lowest BCUT2D eigenvalue weighted by Crippen LogP contribution is -2.90. The van der Waals surface area contributed by atoms with Crippen LogP contribution in [0.1, 0.15) is 12.0 Å². The Morgan fingerprint density at radius 3 is 2.43 bits per heavy atom. The number of carbonyl (C=O) groups is 2. The summed E-state index contributed by atoms with van der Waals surface area (Å²) in [6, 6.07) is 16.4. The van der Waals surface area contributed by atoms with Gasteiger partial charge in [-0.05, 0) is 36.4 Å². The average Bonchev–Trinajstić information content (AvgIpc) is 2.88. The number of ether oxygens (including phenoxy) is 1. The summed E-state index contributed by atoms with van der Waals surface area (Å²) in [4.78, 5) is 25.9. The number of nitrogens with two attached hydrogens (primary N) is 1. The van der Waals surface area contributed by atoms with E-state index < -0.39 is 0 Å². The topological polar surface area (TPSA) is 63.2 Å².